The topological polar surface area (TPSA) is 78.4 Å². The summed E-state index contributed by atoms with van der Waals surface area (Å²) < 4.78 is 16.4. The minimum absolute atomic E-state index is 0.500. The van der Waals surface area contributed by atoms with Crippen LogP contribution < -0.4 is 19.5 Å². The first kappa shape index (κ1) is 19.4. The Morgan fingerprint density at radius 2 is 1.70 bits per heavy atom. The molecule has 0 unspecified atom stereocenters. The lowest BCUT2D eigenvalue weighted by molar-refractivity contribution is 0.340. The number of hydrogen-bond donors (Lipinski definition) is 1. The number of fused-ring (bicyclic) bond motifs is 1. The fraction of sp³-hybridized carbons (Fsp3) is 0.174. The maximum absolute atomic E-state index is 5.53. The molecule has 4 aromatic rings. The van der Waals surface area contributed by atoms with E-state index in [1.165, 1.54) is 0 Å². The van der Waals surface area contributed by atoms with Gasteiger partial charge in [-0.25, -0.2) is 15.0 Å². The Kier molecular flexibility index (Phi) is 5.61. The minimum Gasteiger partial charge on any atom is -0.494 e. The quantitative estimate of drug-likeness (QED) is 0.473. The number of ether oxygens (including phenoxy) is 3. The molecule has 0 spiro atoms. The van der Waals surface area contributed by atoms with E-state index in [0.29, 0.717) is 29.6 Å². The molecule has 0 radical (unpaired) electrons. The van der Waals surface area contributed by atoms with E-state index in [1.54, 1.807) is 20.4 Å². The van der Waals surface area contributed by atoms with Crippen molar-refractivity contribution in [2.45, 2.75) is 6.92 Å². The van der Waals surface area contributed by atoms with Crippen molar-refractivity contribution in [2.24, 2.45) is 0 Å². The normalized spacial score (nSPS) is 10.6. The molecule has 0 amide bonds. The molecule has 0 aliphatic heterocycles. The molecule has 30 heavy (non-hydrogen) atoms. The number of nitrogens with zero attached hydrogens (tertiary/aromatic N) is 3. The number of methoxy groups -OCH3 is 2. The first-order valence-corrected chi connectivity index (χ1v) is 9.57. The molecule has 0 saturated carbocycles. The second-order valence-corrected chi connectivity index (χ2v) is 6.42. The lowest BCUT2D eigenvalue weighted by Crippen LogP contribution is -1.99. The molecular formula is C23H22N4O3. The van der Waals surface area contributed by atoms with E-state index in [1.807, 2.05) is 61.5 Å². The average Bonchev–Trinajstić information content (AvgIpc) is 2.79. The summed E-state index contributed by atoms with van der Waals surface area (Å²) in [5.74, 6) is 2.62. The minimum atomic E-state index is 0.500. The highest BCUT2D eigenvalue weighted by Gasteiger charge is 2.13. The monoisotopic (exact) mass is 402 g/mol. The zero-order chi connectivity index (χ0) is 20.9. The molecule has 0 aliphatic rings. The maximum Gasteiger partial charge on any atom is 0.227 e. The third-order valence-corrected chi connectivity index (χ3v) is 4.54. The number of nitrogens with one attached hydrogen (secondary N) is 1. The molecule has 0 bridgehead atoms. The van der Waals surface area contributed by atoms with Crippen molar-refractivity contribution in [3.05, 3.63) is 60.8 Å². The summed E-state index contributed by atoms with van der Waals surface area (Å²) in [4.78, 5) is 13.7. The van der Waals surface area contributed by atoms with E-state index in [0.717, 1.165) is 28.2 Å². The van der Waals surface area contributed by atoms with Gasteiger partial charge in [-0.3, -0.25) is 0 Å². The van der Waals surface area contributed by atoms with Gasteiger partial charge in [0.05, 0.1) is 38.2 Å². The van der Waals surface area contributed by atoms with Crippen molar-refractivity contribution in [1.29, 1.82) is 0 Å². The van der Waals surface area contributed by atoms with Crippen LogP contribution in [0.1, 0.15) is 6.92 Å². The predicted molar refractivity (Wildman–Crippen MR) is 117 cm³/mol. The molecule has 2 heterocycles. The molecule has 4 rings (SSSR count). The summed E-state index contributed by atoms with van der Waals surface area (Å²) in [6.45, 7) is 2.59. The Labute approximate surface area is 174 Å². The summed E-state index contributed by atoms with van der Waals surface area (Å²) in [5, 5.41) is 3.20. The van der Waals surface area contributed by atoms with Crippen LogP contribution in [0.4, 0.5) is 11.6 Å². The second-order valence-electron chi connectivity index (χ2n) is 6.42. The third-order valence-electron chi connectivity index (χ3n) is 4.54. The second kappa shape index (κ2) is 8.65. The molecular weight excluding hydrogens is 380 g/mol. The Hall–Kier alpha value is -3.87. The van der Waals surface area contributed by atoms with Gasteiger partial charge in [0.25, 0.3) is 0 Å². The molecule has 2 aromatic heterocycles. The summed E-state index contributed by atoms with van der Waals surface area (Å²) in [7, 11) is 3.23. The van der Waals surface area contributed by atoms with Gasteiger partial charge in [-0.1, -0.05) is 6.07 Å². The molecule has 1 N–H and O–H groups in total. The fourth-order valence-electron chi connectivity index (χ4n) is 3.15. The highest BCUT2D eigenvalue weighted by molar-refractivity contribution is 5.80. The van der Waals surface area contributed by atoms with E-state index in [4.69, 9.17) is 19.2 Å². The molecule has 7 heteroatoms. The van der Waals surface area contributed by atoms with Gasteiger partial charge in [-0.15, -0.1) is 0 Å². The molecule has 0 saturated heterocycles. The molecule has 0 atom stereocenters. The van der Waals surface area contributed by atoms with Crippen LogP contribution in [0.5, 0.6) is 17.2 Å². The summed E-state index contributed by atoms with van der Waals surface area (Å²) >= 11 is 0. The van der Waals surface area contributed by atoms with E-state index in [2.05, 4.69) is 15.3 Å². The number of rotatable bonds is 7. The summed E-state index contributed by atoms with van der Waals surface area (Å²) in [6.07, 6.45) is 1.70. The van der Waals surface area contributed by atoms with Crippen molar-refractivity contribution in [3.63, 3.8) is 0 Å². The first-order chi connectivity index (χ1) is 14.7. The number of pyridine rings is 1. The number of aromatic nitrogens is 3. The zero-order valence-electron chi connectivity index (χ0n) is 17.0. The van der Waals surface area contributed by atoms with E-state index in [9.17, 15) is 0 Å². The van der Waals surface area contributed by atoms with Crippen LogP contribution in [0.3, 0.4) is 0 Å². The Morgan fingerprint density at radius 1 is 0.867 bits per heavy atom. The molecule has 0 fully saturated rings. The van der Waals surface area contributed by atoms with Crippen molar-refractivity contribution in [2.75, 3.05) is 26.1 Å². The summed E-state index contributed by atoms with van der Waals surface area (Å²) in [5.41, 5.74) is 3.91. The molecule has 7 nitrogen and oxygen atoms in total. The van der Waals surface area contributed by atoms with Gasteiger partial charge in [0.2, 0.25) is 5.95 Å². The van der Waals surface area contributed by atoms with Gasteiger partial charge >= 0.3 is 0 Å². The van der Waals surface area contributed by atoms with Gasteiger partial charge in [0.1, 0.15) is 11.3 Å². The van der Waals surface area contributed by atoms with Crippen LogP contribution in [0.2, 0.25) is 0 Å². The fourth-order valence-corrected chi connectivity index (χ4v) is 3.15. The zero-order valence-corrected chi connectivity index (χ0v) is 17.0. The van der Waals surface area contributed by atoms with E-state index >= 15 is 0 Å². The summed E-state index contributed by atoms with van der Waals surface area (Å²) in [6, 6.07) is 17.2. The highest BCUT2D eigenvalue weighted by atomic mass is 16.5. The Bertz CT molecular complexity index is 1160. The van der Waals surface area contributed by atoms with Gasteiger partial charge < -0.3 is 19.5 Å². The lowest BCUT2D eigenvalue weighted by Gasteiger charge is -2.12. The van der Waals surface area contributed by atoms with Gasteiger partial charge in [-0.05, 0) is 55.5 Å². The van der Waals surface area contributed by atoms with Gasteiger partial charge in [0, 0.05) is 11.3 Å². The van der Waals surface area contributed by atoms with Crippen LogP contribution in [0, 0.1) is 0 Å². The van der Waals surface area contributed by atoms with Crippen molar-refractivity contribution < 1.29 is 14.2 Å². The van der Waals surface area contributed by atoms with Gasteiger partial charge in [-0.2, -0.15) is 0 Å². The number of para-hydroxylation sites is 1. The largest absolute Gasteiger partial charge is 0.494 e. The van der Waals surface area contributed by atoms with Crippen molar-refractivity contribution >= 4 is 22.7 Å². The number of benzene rings is 2. The predicted octanol–water partition coefficient (Wildman–Crippen LogP) is 4.85. The average molecular weight is 402 g/mol. The molecule has 0 aliphatic carbocycles. The highest BCUT2D eigenvalue weighted by Crippen LogP contribution is 2.37. The Morgan fingerprint density at radius 3 is 2.43 bits per heavy atom. The SMILES string of the molecule is CCOc1ccc(Nc2ncc3nc(-c4cccc(OC)c4OC)ccc3n2)cc1. The van der Waals surface area contributed by atoms with Crippen LogP contribution in [0.15, 0.2) is 60.8 Å². The molecule has 152 valence electrons. The van der Waals surface area contributed by atoms with Crippen LogP contribution in [-0.4, -0.2) is 35.8 Å². The van der Waals surface area contributed by atoms with E-state index < -0.39 is 0 Å². The first-order valence-electron chi connectivity index (χ1n) is 9.57. The molecule has 2 aromatic carbocycles. The number of hydrogen-bond acceptors (Lipinski definition) is 7. The number of anilines is 2. The van der Waals surface area contributed by atoms with Crippen LogP contribution in [-0.2, 0) is 0 Å². The van der Waals surface area contributed by atoms with E-state index in [-0.39, 0.29) is 0 Å². The van der Waals surface area contributed by atoms with Crippen molar-refractivity contribution in [1.82, 2.24) is 15.0 Å². The Balaban J connectivity index is 1.62. The maximum atomic E-state index is 5.53. The lowest BCUT2D eigenvalue weighted by atomic mass is 10.1. The van der Waals surface area contributed by atoms with Crippen LogP contribution in [0.25, 0.3) is 22.3 Å². The standard InChI is InChI=1S/C23H22N4O3/c1-4-30-16-10-8-15(9-11-16)25-23-24-14-20-19(27-23)13-12-18(26-20)17-6-5-7-21(28-2)22(17)29-3/h5-14H,4H2,1-3H3,(H,24,25,27). The van der Waals surface area contributed by atoms with Crippen LogP contribution >= 0.6 is 0 Å². The smallest absolute Gasteiger partial charge is 0.227 e. The van der Waals surface area contributed by atoms with Crippen molar-refractivity contribution in [3.8, 4) is 28.5 Å². The third kappa shape index (κ3) is 3.96. The van der Waals surface area contributed by atoms with Gasteiger partial charge in [0.15, 0.2) is 11.5 Å².